The number of aromatic nitrogens is 2. The van der Waals surface area contributed by atoms with Gasteiger partial charge in [0.2, 0.25) is 0 Å². The summed E-state index contributed by atoms with van der Waals surface area (Å²) < 4.78 is 6.22. The van der Waals surface area contributed by atoms with Gasteiger partial charge in [-0.15, -0.1) is 0 Å². The normalized spacial score (nSPS) is 15.0. The number of nitrogens with one attached hydrogen (secondary N) is 2. The van der Waals surface area contributed by atoms with E-state index < -0.39 is 11.2 Å². The van der Waals surface area contributed by atoms with Crippen LogP contribution < -0.4 is 22.3 Å². The first kappa shape index (κ1) is 13.4. The predicted molar refractivity (Wildman–Crippen MR) is 73.4 cm³/mol. The molecule has 0 aliphatic heterocycles. The average molecular weight is 266 g/mol. The summed E-state index contributed by atoms with van der Waals surface area (Å²) in [5.74, 6) is 0.151. The van der Waals surface area contributed by atoms with E-state index in [9.17, 15) is 9.59 Å². The van der Waals surface area contributed by atoms with Gasteiger partial charge in [-0.05, 0) is 12.8 Å². The summed E-state index contributed by atoms with van der Waals surface area (Å²) in [7, 11) is 1.54. The fourth-order valence-corrected chi connectivity index (χ4v) is 2.07. The van der Waals surface area contributed by atoms with E-state index in [1.807, 2.05) is 12.2 Å². The van der Waals surface area contributed by atoms with Crippen LogP contribution >= 0.6 is 0 Å². The molecule has 2 rings (SSSR count). The quantitative estimate of drug-likeness (QED) is 0.646. The summed E-state index contributed by atoms with van der Waals surface area (Å²) in [4.78, 5) is 25.8. The van der Waals surface area contributed by atoms with Crippen LogP contribution in [-0.4, -0.2) is 29.3 Å². The fraction of sp³-hybridized carbons (Fsp3) is 0.500. The molecule has 0 aromatic carbocycles. The molecule has 7 heteroatoms. The van der Waals surface area contributed by atoms with Gasteiger partial charge < -0.3 is 15.8 Å². The standard InChI is InChI=1S/C12H18N4O3/c1-19-7-6-16-10(13)9(11(17)15-12(16)18)14-8-4-2-3-5-8/h2-3,8,14H,4-7,13H2,1H3,(H,15,17,18). The molecule has 19 heavy (non-hydrogen) atoms. The molecular weight excluding hydrogens is 248 g/mol. The zero-order chi connectivity index (χ0) is 13.8. The first-order valence-electron chi connectivity index (χ1n) is 6.16. The molecule has 7 nitrogen and oxygen atoms in total. The molecule has 1 aromatic heterocycles. The van der Waals surface area contributed by atoms with Gasteiger partial charge in [0, 0.05) is 13.2 Å². The molecule has 4 N–H and O–H groups in total. The van der Waals surface area contributed by atoms with Crippen molar-refractivity contribution in [2.75, 3.05) is 24.8 Å². The molecule has 0 radical (unpaired) electrons. The Balaban J connectivity index is 2.31. The van der Waals surface area contributed by atoms with E-state index in [4.69, 9.17) is 10.5 Å². The van der Waals surface area contributed by atoms with Crippen molar-refractivity contribution in [1.29, 1.82) is 0 Å². The number of anilines is 2. The maximum atomic E-state index is 11.8. The summed E-state index contributed by atoms with van der Waals surface area (Å²) in [6.07, 6.45) is 5.78. The second-order valence-corrected chi connectivity index (χ2v) is 4.45. The number of methoxy groups -OCH3 is 1. The lowest BCUT2D eigenvalue weighted by atomic mass is 10.2. The zero-order valence-electron chi connectivity index (χ0n) is 10.8. The first-order valence-corrected chi connectivity index (χ1v) is 6.16. The van der Waals surface area contributed by atoms with Crippen molar-refractivity contribution in [3.05, 3.63) is 33.0 Å². The van der Waals surface area contributed by atoms with Gasteiger partial charge >= 0.3 is 5.69 Å². The summed E-state index contributed by atoms with van der Waals surface area (Å²) in [5.41, 5.74) is 5.16. The third kappa shape index (κ3) is 2.87. The minimum Gasteiger partial charge on any atom is -0.383 e. The monoisotopic (exact) mass is 266 g/mol. The van der Waals surface area contributed by atoms with E-state index in [2.05, 4.69) is 10.3 Å². The lowest BCUT2D eigenvalue weighted by Crippen LogP contribution is -2.36. The van der Waals surface area contributed by atoms with Crippen LogP contribution in [0.5, 0.6) is 0 Å². The molecule has 1 heterocycles. The highest BCUT2D eigenvalue weighted by Gasteiger charge is 2.16. The van der Waals surface area contributed by atoms with E-state index in [0.29, 0.717) is 13.2 Å². The van der Waals surface area contributed by atoms with E-state index in [-0.39, 0.29) is 17.5 Å². The van der Waals surface area contributed by atoms with Crippen LogP contribution in [0.25, 0.3) is 0 Å². The Morgan fingerprint density at radius 3 is 2.79 bits per heavy atom. The van der Waals surface area contributed by atoms with Crippen LogP contribution in [0.15, 0.2) is 21.7 Å². The highest BCUT2D eigenvalue weighted by atomic mass is 16.5. The smallest absolute Gasteiger partial charge is 0.330 e. The fourth-order valence-electron chi connectivity index (χ4n) is 2.07. The molecule has 0 fully saturated rings. The summed E-state index contributed by atoms with van der Waals surface area (Å²) in [6.45, 7) is 0.649. The number of nitrogens with zero attached hydrogens (tertiary/aromatic N) is 1. The number of rotatable bonds is 5. The average Bonchev–Trinajstić information content (AvgIpc) is 2.87. The number of ether oxygens (including phenoxy) is 1. The van der Waals surface area contributed by atoms with E-state index in [0.717, 1.165) is 12.8 Å². The van der Waals surface area contributed by atoms with Gasteiger partial charge in [-0.3, -0.25) is 14.3 Å². The zero-order valence-corrected chi connectivity index (χ0v) is 10.8. The highest BCUT2D eigenvalue weighted by Crippen LogP contribution is 2.17. The van der Waals surface area contributed by atoms with Gasteiger partial charge in [0.15, 0.2) is 0 Å². The van der Waals surface area contributed by atoms with Crippen LogP contribution in [0.1, 0.15) is 12.8 Å². The molecule has 1 aromatic rings. The van der Waals surface area contributed by atoms with Gasteiger partial charge in [-0.25, -0.2) is 4.79 Å². The summed E-state index contributed by atoms with van der Waals surface area (Å²) in [6, 6.07) is 0.150. The number of hydrogen-bond acceptors (Lipinski definition) is 5. The lowest BCUT2D eigenvalue weighted by Gasteiger charge is -2.17. The largest absolute Gasteiger partial charge is 0.383 e. The molecule has 0 atom stereocenters. The second-order valence-electron chi connectivity index (χ2n) is 4.45. The first-order chi connectivity index (χ1) is 9.13. The predicted octanol–water partition coefficient (Wildman–Crippen LogP) is -0.104. The van der Waals surface area contributed by atoms with Gasteiger partial charge in [0.25, 0.3) is 5.56 Å². The summed E-state index contributed by atoms with van der Waals surface area (Å²) in [5, 5.41) is 3.09. The van der Waals surface area contributed by atoms with Crippen molar-refractivity contribution in [3.8, 4) is 0 Å². The van der Waals surface area contributed by atoms with E-state index in [1.165, 1.54) is 11.7 Å². The number of H-pyrrole nitrogens is 1. The molecule has 0 spiro atoms. The third-order valence-corrected chi connectivity index (χ3v) is 3.11. The van der Waals surface area contributed by atoms with Crippen molar-refractivity contribution < 1.29 is 4.74 Å². The number of nitrogens with two attached hydrogens (primary N) is 1. The van der Waals surface area contributed by atoms with E-state index >= 15 is 0 Å². The Kier molecular flexibility index (Phi) is 4.06. The molecule has 0 unspecified atom stereocenters. The number of hydrogen-bond donors (Lipinski definition) is 3. The van der Waals surface area contributed by atoms with Crippen molar-refractivity contribution in [1.82, 2.24) is 9.55 Å². The van der Waals surface area contributed by atoms with Crippen LogP contribution in [0, 0.1) is 0 Å². The Labute approximate surface area is 110 Å². The maximum Gasteiger partial charge on any atom is 0.330 e. The Morgan fingerprint density at radius 2 is 2.16 bits per heavy atom. The Hall–Kier alpha value is -2.02. The molecule has 0 saturated heterocycles. The topological polar surface area (TPSA) is 102 Å². The third-order valence-electron chi connectivity index (χ3n) is 3.11. The molecule has 0 amide bonds. The lowest BCUT2D eigenvalue weighted by molar-refractivity contribution is 0.186. The van der Waals surface area contributed by atoms with Crippen LogP contribution in [-0.2, 0) is 11.3 Å². The minimum absolute atomic E-state index is 0.150. The summed E-state index contributed by atoms with van der Waals surface area (Å²) >= 11 is 0. The number of aromatic amines is 1. The number of nitrogen functional groups attached to an aromatic ring is 1. The van der Waals surface area contributed by atoms with Crippen LogP contribution in [0.3, 0.4) is 0 Å². The van der Waals surface area contributed by atoms with Gasteiger partial charge in [0.05, 0.1) is 13.2 Å². The Morgan fingerprint density at radius 1 is 1.47 bits per heavy atom. The maximum absolute atomic E-state index is 11.8. The molecule has 1 aliphatic rings. The van der Waals surface area contributed by atoms with Gasteiger partial charge in [-0.2, -0.15) is 0 Å². The molecule has 0 saturated carbocycles. The van der Waals surface area contributed by atoms with Crippen molar-refractivity contribution in [2.24, 2.45) is 0 Å². The second kappa shape index (κ2) is 5.75. The molecule has 0 bridgehead atoms. The van der Waals surface area contributed by atoms with Crippen molar-refractivity contribution in [3.63, 3.8) is 0 Å². The minimum atomic E-state index is -0.519. The SMILES string of the molecule is COCCn1c(N)c(NC2CC=CC2)c(=O)[nH]c1=O. The van der Waals surface area contributed by atoms with Crippen LogP contribution in [0.4, 0.5) is 11.5 Å². The molecular formula is C12H18N4O3. The van der Waals surface area contributed by atoms with Crippen LogP contribution in [0.2, 0.25) is 0 Å². The van der Waals surface area contributed by atoms with Crippen molar-refractivity contribution >= 4 is 11.5 Å². The Bertz CT molecular complexity index is 580. The molecule has 104 valence electrons. The van der Waals surface area contributed by atoms with Gasteiger partial charge in [-0.1, -0.05) is 12.2 Å². The van der Waals surface area contributed by atoms with E-state index in [1.54, 1.807) is 0 Å². The molecule has 1 aliphatic carbocycles. The van der Waals surface area contributed by atoms with Crippen molar-refractivity contribution in [2.45, 2.75) is 25.4 Å². The van der Waals surface area contributed by atoms with Gasteiger partial charge in [0.1, 0.15) is 11.5 Å². The highest BCUT2D eigenvalue weighted by molar-refractivity contribution is 5.61.